The van der Waals surface area contributed by atoms with Crippen LogP contribution in [0.15, 0.2) is 6.20 Å². The van der Waals surface area contributed by atoms with Gasteiger partial charge in [-0.2, -0.15) is 15.4 Å². The zero-order valence-electron chi connectivity index (χ0n) is 14.0. The van der Waals surface area contributed by atoms with Gasteiger partial charge in [-0.15, -0.1) is 0 Å². The second-order valence-corrected chi connectivity index (χ2v) is 7.07. The predicted octanol–water partition coefficient (Wildman–Crippen LogP) is 0.804. The number of aromatic nitrogens is 3. The van der Waals surface area contributed by atoms with Gasteiger partial charge in [0.05, 0.1) is 11.9 Å². The Labute approximate surface area is 137 Å². The van der Waals surface area contributed by atoms with E-state index < -0.39 is 0 Å². The second-order valence-electron chi connectivity index (χ2n) is 7.07. The van der Waals surface area contributed by atoms with Gasteiger partial charge in [-0.1, -0.05) is 13.8 Å². The van der Waals surface area contributed by atoms with E-state index in [4.69, 9.17) is 4.74 Å². The van der Waals surface area contributed by atoms with Gasteiger partial charge in [0.25, 0.3) is 0 Å². The van der Waals surface area contributed by atoms with Crippen LogP contribution >= 0.6 is 0 Å². The van der Waals surface area contributed by atoms with Crippen molar-refractivity contribution < 1.29 is 9.53 Å². The summed E-state index contributed by atoms with van der Waals surface area (Å²) >= 11 is 0. The van der Waals surface area contributed by atoms with Crippen molar-refractivity contribution in [3.63, 3.8) is 0 Å². The molecular formula is C16H27N5O2. The first-order valence-corrected chi connectivity index (χ1v) is 8.58. The van der Waals surface area contributed by atoms with Crippen LogP contribution in [0.2, 0.25) is 0 Å². The summed E-state index contributed by atoms with van der Waals surface area (Å²) in [5.74, 6) is 1.33. The molecule has 0 saturated carbocycles. The SMILES string of the molecule is CC(C)[C@@H]1CN(Cc2cn[nH]n2)C[C@H]1NC(=O)C1CCOCC1. The first-order chi connectivity index (χ1) is 11.1. The highest BCUT2D eigenvalue weighted by molar-refractivity contribution is 5.79. The number of aromatic amines is 1. The topological polar surface area (TPSA) is 83.1 Å². The molecule has 7 nitrogen and oxygen atoms in total. The number of hydrogen-bond acceptors (Lipinski definition) is 5. The Kier molecular flexibility index (Phi) is 5.27. The van der Waals surface area contributed by atoms with Crippen molar-refractivity contribution in [2.24, 2.45) is 17.8 Å². The molecule has 3 heterocycles. The molecule has 2 atom stereocenters. The Morgan fingerprint density at radius 3 is 2.87 bits per heavy atom. The Hall–Kier alpha value is -1.47. The van der Waals surface area contributed by atoms with Crippen molar-refractivity contribution >= 4 is 5.91 Å². The maximum atomic E-state index is 12.5. The predicted molar refractivity (Wildman–Crippen MR) is 85.5 cm³/mol. The second kappa shape index (κ2) is 7.40. The summed E-state index contributed by atoms with van der Waals surface area (Å²) in [7, 11) is 0. The van der Waals surface area contributed by atoms with Crippen LogP contribution in [0.5, 0.6) is 0 Å². The first kappa shape index (κ1) is 16.4. The summed E-state index contributed by atoms with van der Waals surface area (Å²) in [4.78, 5) is 14.9. The molecule has 7 heteroatoms. The van der Waals surface area contributed by atoms with Crippen LogP contribution in [0.3, 0.4) is 0 Å². The van der Waals surface area contributed by atoms with Gasteiger partial charge >= 0.3 is 0 Å². The third-order valence-corrected chi connectivity index (χ3v) is 5.07. The summed E-state index contributed by atoms with van der Waals surface area (Å²) in [6.45, 7) is 8.52. The lowest BCUT2D eigenvalue weighted by Gasteiger charge is -2.27. The van der Waals surface area contributed by atoms with E-state index in [-0.39, 0.29) is 17.9 Å². The van der Waals surface area contributed by atoms with Crippen molar-refractivity contribution in [1.29, 1.82) is 0 Å². The Morgan fingerprint density at radius 2 is 2.22 bits per heavy atom. The summed E-state index contributed by atoms with van der Waals surface area (Å²) in [6.07, 6.45) is 3.44. The largest absolute Gasteiger partial charge is 0.381 e. The highest BCUT2D eigenvalue weighted by Crippen LogP contribution is 2.26. The lowest BCUT2D eigenvalue weighted by Crippen LogP contribution is -2.45. The molecule has 2 saturated heterocycles. The molecule has 1 aromatic heterocycles. The van der Waals surface area contributed by atoms with Gasteiger partial charge in [-0.25, -0.2) is 0 Å². The lowest BCUT2D eigenvalue weighted by molar-refractivity contribution is -0.128. The lowest BCUT2D eigenvalue weighted by atomic mass is 9.90. The van der Waals surface area contributed by atoms with Crippen molar-refractivity contribution in [3.8, 4) is 0 Å². The monoisotopic (exact) mass is 321 g/mol. The van der Waals surface area contributed by atoms with Crippen LogP contribution < -0.4 is 5.32 Å². The number of H-pyrrole nitrogens is 1. The first-order valence-electron chi connectivity index (χ1n) is 8.58. The standard InChI is InChI=1S/C16H27N5O2/c1-11(2)14-9-21(8-13-7-17-20-19-13)10-15(14)18-16(22)12-3-5-23-6-4-12/h7,11-12,14-15H,3-6,8-10H2,1-2H3,(H,18,22)(H,17,19,20)/t14-,15+/m0/s1. The minimum absolute atomic E-state index is 0.112. The van der Waals surface area contributed by atoms with E-state index in [0.29, 0.717) is 25.0 Å². The summed E-state index contributed by atoms with van der Waals surface area (Å²) in [5.41, 5.74) is 0.948. The van der Waals surface area contributed by atoms with Crippen LogP contribution in [-0.4, -0.2) is 58.6 Å². The van der Waals surface area contributed by atoms with E-state index in [1.165, 1.54) is 0 Å². The minimum atomic E-state index is 0.112. The molecular weight excluding hydrogens is 294 g/mol. The molecule has 1 aromatic rings. The molecule has 0 spiro atoms. The average molecular weight is 321 g/mol. The Bertz CT molecular complexity index is 499. The fraction of sp³-hybridized carbons (Fsp3) is 0.812. The van der Waals surface area contributed by atoms with Crippen molar-refractivity contribution in [2.45, 2.75) is 39.3 Å². The number of nitrogens with one attached hydrogen (secondary N) is 2. The van der Waals surface area contributed by atoms with Crippen LogP contribution in [-0.2, 0) is 16.1 Å². The van der Waals surface area contributed by atoms with Gasteiger partial charge in [0.1, 0.15) is 0 Å². The molecule has 128 valence electrons. The number of ether oxygens (including phenoxy) is 1. The van der Waals surface area contributed by atoms with Crippen molar-refractivity contribution in [2.75, 3.05) is 26.3 Å². The molecule has 2 N–H and O–H groups in total. The molecule has 0 bridgehead atoms. The molecule has 0 aromatic carbocycles. The van der Waals surface area contributed by atoms with Gasteiger partial charge in [0, 0.05) is 44.8 Å². The van der Waals surface area contributed by atoms with Gasteiger partial charge in [0.2, 0.25) is 5.91 Å². The molecule has 2 aliphatic rings. The average Bonchev–Trinajstić information content (AvgIpc) is 3.18. The normalized spacial score (nSPS) is 26.7. The molecule has 0 unspecified atom stereocenters. The number of amides is 1. The van der Waals surface area contributed by atoms with E-state index in [0.717, 1.165) is 38.2 Å². The molecule has 0 radical (unpaired) electrons. The Balaban J connectivity index is 1.58. The molecule has 2 aliphatic heterocycles. The Morgan fingerprint density at radius 1 is 1.43 bits per heavy atom. The number of likely N-dealkylation sites (tertiary alicyclic amines) is 1. The zero-order chi connectivity index (χ0) is 16.2. The summed E-state index contributed by atoms with van der Waals surface area (Å²) in [5, 5.41) is 14.0. The van der Waals surface area contributed by atoms with E-state index in [1.807, 2.05) is 0 Å². The fourth-order valence-corrected chi connectivity index (χ4v) is 3.66. The van der Waals surface area contributed by atoms with Crippen molar-refractivity contribution in [1.82, 2.24) is 25.6 Å². The van der Waals surface area contributed by atoms with Crippen molar-refractivity contribution in [3.05, 3.63) is 11.9 Å². The quantitative estimate of drug-likeness (QED) is 0.838. The van der Waals surface area contributed by atoms with Crippen LogP contribution in [0.1, 0.15) is 32.4 Å². The maximum Gasteiger partial charge on any atom is 0.223 e. The smallest absolute Gasteiger partial charge is 0.223 e. The molecule has 3 rings (SSSR count). The van der Waals surface area contributed by atoms with Crippen LogP contribution in [0.25, 0.3) is 0 Å². The van der Waals surface area contributed by atoms with E-state index in [1.54, 1.807) is 6.20 Å². The number of nitrogens with zero attached hydrogens (tertiary/aromatic N) is 3. The summed E-state index contributed by atoms with van der Waals surface area (Å²) < 4.78 is 5.35. The van der Waals surface area contributed by atoms with Gasteiger partial charge in [0.15, 0.2) is 0 Å². The van der Waals surface area contributed by atoms with Gasteiger partial charge in [-0.3, -0.25) is 9.69 Å². The molecule has 1 amide bonds. The highest BCUT2D eigenvalue weighted by atomic mass is 16.5. The minimum Gasteiger partial charge on any atom is -0.381 e. The third kappa shape index (κ3) is 4.09. The fourth-order valence-electron chi connectivity index (χ4n) is 3.66. The molecule has 0 aliphatic carbocycles. The van der Waals surface area contributed by atoms with E-state index in [9.17, 15) is 4.79 Å². The number of carbonyl (C=O) groups excluding carboxylic acids is 1. The number of carbonyl (C=O) groups is 1. The summed E-state index contributed by atoms with van der Waals surface area (Å²) in [6, 6.07) is 0.220. The van der Waals surface area contributed by atoms with Gasteiger partial charge in [-0.05, 0) is 24.7 Å². The number of hydrogen-bond donors (Lipinski definition) is 2. The number of rotatable bonds is 5. The van der Waals surface area contributed by atoms with Gasteiger partial charge < -0.3 is 10.1 Å². The van der Waals surface area contributed by atoms with E-state index >= 15 is 0 Å². The van der Waals surface area contributed by atoms with E-state index in [2.05, 4.69) is 39.5 Å². The van der Waals surface area contributed by atoms with Crippen LogP contribution in [0, 0.1) is 17.8 Å². The molecule has 2 fully saturated rings. The zero-order valence-corrected chi connectivity index (χ0v) is 14.0. The molecule has 23 heavy (non-hydrogen) atoms. The maximum absolute atomic E-state index is 12.5. The third-order valence-electron chi connectivity index (χ3n) is 5.07. The van der Waals surface area contributed by atoms with Crippen LogP contribution in [0.4, 0.5) is 0 Å². The highest BCUT2D eigenvalue weighted by Gasteiger charge is 2.36.